The summed E-state index contributed by atoms with van der Waals surface area (Å²) in [7, 11) is -3.08. The van der Waals surface area contributed by atoms with Crippen molar-refractivity contribution in [3.63, 3.8) is 0 Å². The zero-order valence-corrected chi connectivity index (χ0v) is 19.7. The second-order valence-corrected chi connectivity index (χ2v) is 9.07. The molecule has 0 aliphatic carbocycles. The Labute approximate surface area is 181 Å². The van der Waals surface area contributed by atoms with Gasteiger partial charge in [-0.25, -0.2) is 17.7 Å². The highest BCUT2D eigenvalue weighted by molar-refractivity contribution is 14.0. The second-order valence-electron chi connectivity index (χ2n) is 7.09. The first-order valence-electron chi connectivity index (χ1n) is 9.41. The van der Waals surface area contributed by atoms with Crippen molar-refractivity contribution in [1.82, 2.24) is 14.9 Å². The van der Waals surface area contributed by atoms with Crippen LogP contribution in [-0.2, 0) is 16.6 Å². The second kappa shape index (κ2) is 11.9. The number of halogens is 1. The number of hydrogen-bond acceptors (Lipinski definition) is 3. The minimum Gasteiger partial charge on any atom is -0.356 e. The van der Waals surface area contributed by atoms with Crippen molar-refractivity contribution in [2.24, 2.45) is 10.9 Å². The Bertz CT molecular complexity index is 692. The summed E-state index contributed by atoms with van der Waals surface area (Å²) in [6.45, 7) is 7.69. The van der Waals surface area contributed by atoms with Gasteiger partial charge in [-0.05, 0) is 31.2 Å². The molecular weight excluding hydrogens is 475 g/mol. The van der Waals surface area contributed by atoms with Crippen LogP contribution >= 0.6 is 24.0 Å². The fourth-order valence-corrected chi connectivity index (χ4v) is 3.85. The molecule has 1 heterocycles. The molecule has 0 bridgehead atoms. The standard InChI is InChI=1S/C19H32N4O2S.HI/c1-4-5-11-20-19(21-13-17-8-6-16(2)7-9-17)22-14-18-10-12-23(15-18)26(3,24)25;/h6-9,18H,4-5,10-15H2,1-3H3,(H2,20,21,22);1H. The van der Waals surface area contributed by atoms with Gasteiger partial charge in [-0.15, -0.1) is 24.0 Å². The molecule has 0 aromatic heterocycles. The Morgan fingerprint density at radius 3 is 2.56 bits per heavy atom. The van der Waals surface area contributed by atoms with Gasteiger partial charge in [0.25, 0.3) is 0 Å². The molecule has 1 aliphatic heterocycles. The molecule has 1 aromatic carbocycles. The number of aryl methyl sites for hydroxylation is 1. The molecule has 6 nitrogen and oxygen atoms in total. The average molecular weight is 508 g/mol. The van der Waals surface area contributed by atoms with E-state index in [1.54, 1.807) is 4.31 Å². The molecule has 2 N–H and O–H groups in total. The smallest absolute Gasteiger partial charge is 0.211 e. The first kappa shape index (κ1) is 24.2. The maximum absolute atomic E-state index is 11.6. The maximum atomic E-state index is 11.6. The SMILES string of the molecule is CCCCNC(=NCc1ccc(C)cc1)NCC1CCN(S(C)(=O)=O)C1.I. The molecule has 8 heteroatoms. The number of unbranched alkanes of at least 4 members (excludes halogenated alkanes) is 1. The van der Waals surface area contributed by atoms with Crippen LogP contribution < -0.4 is 10.6 Å². The van der Waals surface area contributed by atoms with Gasteiger partial charge >= 0.3 is 0 Å². The molecule has 1 aliphatic rings. The third kappa shape index (κ3) is 8.78. The normalized spacial score (nSPS) is 18.2. The Kier molecular flexibility index (Phi) is 10.6. The highest BCUT2D eigenvalue weighted by Gasteiger charge is 2.28. The molecule has 1 fully saturated rings. The summed E-state index contributed by atoms with van der Waals surface area (Å²) in [4.78, 5) is 4.69. The Balaban J connectivity index is 0.00000364. The molecule has 0 radical (unpaired) electrons. The number of nitrogens with one attached hydrogen (secondary N) is 2. The topological polar surface area (TPSA) is 73.8 Å². The zero-order valence-electron chi connectivity index (χ0n) is 16.6. The van der Waals surface area contributed by atoms with Gasteiger partial charge in [0.2, 0.25) is 10.0 Å². The number of aliphatic imine (C=N–C) groups is 1. The monoisotopic (exact) mass is 508 g/mol. The van der Waals surface area contributed by atoms with Crippen LogP contribution in [-0.4, -0.2) is 51.1 Å². The van der Waals surface area contributed by atoms with E-state index in [-0.39, 0.29) is 24.0 Å². The lowest BCUT2D eigenvalue weighted by molar-refractivity contribution is 0.458. The van der Waals surface area contributed by atoms with Crippen LogP contribution in [0.5, 0.6) is 0 Å². The number of rotatable bonds is 8. The third-order valence-corrected chi connectivity index (χ3v) is 5.91. The van der Waals surface area contributed by atoms with E-state index in [0.717, 1.165) is 38.3 Å². The molecule has 1 atom stereocenters. The predicted molar refractivity (Wildman–Crippen MR) is 123 cm³/mol. The minimum absolute atomic E-state index is 0. The fourth-order valence-electron chi connectivity index (χ4n) is 2.93. The maximum Gasteiger partial charge on any atom is 0.211 e. The highest BCUT2D eigenvalue weighted by atomic mass is 127. The molecule has 1 saturated heterocycles. The molecule has 2 rings (SSSR count). The largest absolute Gasteiger partial charge is 0.356 e. The van der Waals surface area contributed by atoms with Gasteiger partial charge in [0.1, 0.15) is 0 Å². The van der Waals surface area contributed by atoms with E-state index in [2.05, 4.69) is 53.7 Å². The summed E-state index contributed by atoms with van der Waals surface area (Å²) in [6.07, 6.45) is 4.39. The van der Waals surface area contributed by atoms with Gasteiger partial charge in [0, 0.05) is 26.2 Å². The van der Waals surface area contributed by atoms with Crippen LogP contribution in [0.1, 0.15) is 37.3 Å². The summed E-state index contributed by atoms with van der Waals surface area (Å²) in [5.74, 6) is 1.12. The lowest BCUT2D eigenvalue weighted by Gasteiger charge is -2.16. The van der Waals surface area contributed by atoms with Gasteiger partial charge < -0.3 is 10.6 Å². The molecule has 0 saturated carbocycles. The van der Waals surface area contributed by atoms with Crippen LogP contribution in [0, 0.1) is 12.8 Å². The number of sulfonamides is 1. The molecule has 1 unspecified atom stereocenters. The van der Waals surface area contributed by atoms with Gasteiger partial charge in [-0.2, -0.15) is 0 Å². The number of benzene rings is 1. The Morgan fingerprint density at radius 2 is 1.96 bits per heavy atom. The van der Waals surface area contributed by atoms with Crippen LogP contribution in [0.25, 0.3) is 0 Å². The summed E-state index contributed by atoms with van der Waals surface area (Å²) in [5.41, 5.74) is 2.42. The van der Waals surface area contributed by atoms with Gasteiger partial charge in [0.05, 0.1) is 12.8 Å². The Morgan fingerprint density at radius 1 is 1.26 bits per heavy atom. The van der Waals surface area contributed by atoms with E-state index in [4.69, 9.17) is 0 Å². The first-order valence-corrected chi connectivity index (χ1v) is 11.3. The van der Waals surface area contributed by atoms with E-state index in [0.29, 0.717) is 25.6 Å². The number of guanidine groups is 1. The van der Waals surface area contributed by atoms with Gasteiger partial charge in [-0.3, -0.25) is 0 Å². The summed E-state index contributed by atoms with van der Waals surface area (Å²) in [5, 5.41) is 6.77. The van der Waals surface area contributed by atoms with Crippen molar-refractivity contribution in [3.8, 4) is 0 Å². The molecule has 27 heavy (non-hydrogen) atoms. The molecular formula is C19H33IN4O2S. The Hall–Kier alpha value is -0.870. The van der Waals surface area contributed by atoms with Crippen molar-refractivity contribution in [2.75, 3.05) is 32.4 Å². The molecule has 154 valence electrons. The summed E-state index contributed by atoms with van der Waals surface area (Å²) in [6, 6.07) is 8.40. The van der Waals surface area contributed by atoms with Crippen molar-refractivity contribution in [1.29, 1.82) is 0 Å². The predicted octanol–water partition coefficient (Wildman–Crippen LogP) is 2.73. The molecule has 0 amide bonds. The average Bonchev–Trinajstić information content (AvgIpc) is 3.08. The van der Waals surface area contributed by atoms with Gasteiger partial charge in [0.15, 0.2) is 5.96 Å². The van der Waals surface area contributed by atoms with E-state index in [1.165, 1.54) is 17.4 Å². The summed E-state index contributed by atoms with van der Waals surface area (Å²) < 4.78 is 24.9. The van der Waals surface area contributed by atoms with Crippen LogP contribution in [0.2, 0.25) is 0 Å². The molecule has 0 spiro atoms. The lowest BCUT2D eigenvalue weighted by atomic mass is 10.1. The fraction of sp³-hybridized carbons (Fsp3) is 0.632. The van der Waals surface area contributed by atoms with Crippen LogP contribution in [0.15, 0.2) is 29.3 Å². The zero-order chi connectivity index (χ0) is 19.0. The van der Waals surface area contributed by atoms with Crippen molar-refractivity contribution >= 4 is 40.0 Å². The highest BCUT2D eigenvalue weighted by Crippen LogP contribution is 2.17. The lowest BCUT2D eigenvalue weighted by Crippen LogP contribution is -2.41. The van der Waals surface area contributed by atoms with E-state index in [1.807, 2.05) is 0 Å². The minimum atomic E-state index is -3.08. The number of hydrogen-bond donors (Lipinski definition) is 2. The summed E-state index contributed by atoms with van der Waals surface area (Å²) >= 11 is 0. The van der Waals surface area contributed by atoms with Crippen molar-refractivity contribution in [3.05, 3.63) is 35.4 Å². The molecule has 1 aromatic rings. The van der Waals surface area contributed by atoms with Gasteiger partial charge in [-0.1, -0.05) is 43.2 Å². The quantitative estimate of drug-likeness (QED) is 0.245. The van der Waals surface area contributed by atoms with E-state index in [9.17, 15) is 8.42 Å². The first-order chi connectivity index (χ1) is 12.4. The number of nitrogens with zero attached hydrogens (tertiary/aromatic N) is 2. The van der Waals surface area contributed by atoms with Crippen molar-refractivity contribution < 1.29 is 8.42 Å². The van der Waals surface area contributed by atoms with E-state index >= 15 is 0 Å². The van der Waals surface area contributed by atoms with Crippen LogP contribution in [0.4, 0.5) is 0 Å². The third-order valence-electron chi connectivity index (χ3n) is 4.64. The van der Waals surface area contributed by atoms with E-state index < -0.39 is 10.0 Å². The van der Waals surface area contributed by atoms with Crippen molar-refractivity contribution in [2.45, 2.75) is 39.7 Å². The van der Waals surface area contributed by atoms with Crippen LogP contribution in [0.3, 0.4) is 0 Å².